The quantitative estimate of drug-likeness (QED) is 0.869. The topological polar surface area (TPSA) is 56.8 Å². The molecule has 1 aromatic rings. The summed E-state index contributed by atoms with van der Waals surface area (Å²) in [5, 5.41) is 11.3. The second-order valence-electron chi connectivity index (χ2n) is 7.92. The van der Waals surface area contributed by atoms with Gasteiger partial charge in [0.1, 0.15) is 5.82 Å². The van der Waals surface area contributed by atoms with Gasteiger partial charge in [-0.15, -0.1) is 5.10 Å². The first-order valence-electron chi connectivity index (χ1n) is 8.69. The minimum atomic E-state index is 0.341. The number of nitrogens with zero attached hydrogens (tertiary/aromatic N) is 3. The summed E-state index contributed by atoms with van der Waals surface area (Å²) in [5.41, 5.74) is 0.341. The molecule has 5 aliphatic rings. The number of rotatable bonds is 2. The second-order valence-corrected chi connectivity index (χ2v) is 7.92. The molecule has 4 saturated carbocycles. The zero-order valence-corrected chi connectivity index (χ0v) is 12.6. The van der Waals surface area contributed by atoms with Crippen molar-refractivity contribution in [2.45, 2.75) is 43.9 Å². The van der Waals surface area contributed by atoms with Crippen LogP contribution in [0.3, 0.4) is 0 Å². The second kappa shape index (κ2) is 4.45. The maximum absolute atomic E-state index is 4.96. The van der Waals surface area contributed by atoms with Crippen molar-refractivity contribution in [1.82, 2.24) is 20.5 Å². The monoisotopic (exact) mass is 287 g/mol. The van der Waals surface area contributed by atoms with Crippen LogP contribution in [0.4, 0.5) is 5.95 Å². The fourth-order valence-electron chi connectivity index (χ4n) is 5.90. The standard InChI is InChI=1S/C16H25N5/c1-3-21(4-2-17-1)15-18-14(19-20-15)16-8-11-5-12(9-16)7-13(6-11)10-16/h11-13,17H,1-10H2,(H,18,19,20). The summed E-state index contributed by atoms with van der Waals surface area (Å²) < 4.78 is 0. The molecule has 6 rings (SSSR count). The fourth-order valence-corrected chi connectivity index (χ4v) is 5.90. The largest absolute Gasteiger partial charge is 0.337 e. The van der Waals surface area contributed by atoms with Crippen LogP contribution in [0.2, 0.25) is 0 Å². The van der Waals surface area contributed by atoms with Crippen LogP contribution in [0.5, 0.6) is 0 Å². The van der Waals surface area contributed by atoms with Crippen molar-refractivity contribution in [3.8, 4) is 0 Å². The van der Waals surface area contributed by atoms with Gasteiger partial charge in [0.2, 0.25) is 5.95 Å². The van der Waals surface area contributed by atoms with E-state index in [9.17, 15) is 0 Å². The summed E-state index contributed by atoms with van der Waals surface area (Å²) >= 11 is 0. The molecule has 0 amide bonds. The van der Waals surface area contributed by atoms with Crippen molar-refractivity contribution in [3.05, 3.63) is 5.82 Å². The Morgan fingerprint density at radius 3 is 2.19 bits per heavy atom. The number of hydrogen-bond acceptors (Lipinski definition) is 4. The molecule has 1 saturated heterocycles. The molecule has 4 aliphatic carbocycles. The Labute approximate surface area is 125 Å². The highest BCUT2D eigenvalue weighted by Crippen LogP contribution is 2.60. The van der Waals surface area contributed by atoms with E-state index < -0.39 is 0 Å². The molecule has 0 unspecified atom stereocenters. The van der Waals surface area contributed by atoms with E-state index in [0.29, 0.717) is 5.41 Å². The van der Waals surface area contributed by atoms with Crippen molar-refractivity contribution in [2.75, 3.05) is 31.1 Å². The summed E-state index contributed by atoms with van der Waals surface area (Å²) in [4.78, 5) is 7.27. The zero-order valence-electron chi connectivity index (χ0n) is 12.6. The average molecular weight is 287 g/mol. The van der Waals surface area contributed by atoms with Crippen LogP contribution in [0.15, 0.2) is 0 Å². The van der Waals surface area contributed by atoms with Gasteiger partial charge < -0.3 is 10.2 Å². The van der Waals surface area contributed by atoms with Gasteiger partial charge in [-0.25, -0.2) is 0 Å². The molecule has 0 spiro atoms. The fraction of sp³-hybridized carbons (Fsp3) is 0.875. The molecule has 2 N–H and O–H groups in total. The first-order valence-corrected chi connectivity index (χ1v) is 8.69. The van der Waals surface area contributed by atoms with Crippen molar-refractivity contribution in [3.63, 3.8) is 0 Å². The van der Waals surface area contributed by atoms with Gasteiger partial charge in [0, 0.05) is 31.6 Å². The van der Waals surface area contributed by atoms with Gasteiger partial charge in [-0.05, 0) is 56.3 Å². The lowest BCUT2D eigenvalue weighted by Gasteiger charge is -2.55. The third-order valence-electron chi connectivity index (χ3n) is 6.41. The minimum Gasteiger partial charge on any atom is -0.337 e. The van der Waals surface area contributed by atoms with Crippen molar-refractivity contribution < 1.29 is 0 Å². The normalized spacial score (nSPS) is 41.7. The van der Waals surface area contributed by atoms with Crippen molar-refractivity contribution in [2.24, 2.45) is 17.8 Å². The van der Waals surface area contributed by atoms with Gasteiger partial charge in [0.25, 0.3) is 0 Å². The molecule has 1 aliphatic heterocycles. The first-order chi connectivity index (χ1) is 10.3. The summed E-state index contributed by atoms with van der Waals surface area (Å²) in [6, 6.07) is 0. The van der Waals surface area contributed by atoms with E-state index in [1.54, 1.807) is 0 Å². The van der Waals surface area contributed by atoms with Gasteiger partial charge in [0.05, 0.1) is 0 Å². The van der Waals surface area contributed by atoms with E-state index in [1.807, 2.05) is 0 Å². The van der Waals surface area contributed by atoms with Gasteiger partial charge in [-0.2, -0.15) is 4.98 Å². The van der Waals surface area contributed by atoms with E-state index >= 15 is 0 Å². The smallest absolute Gasteiger partial charge is 0.244 e. The lowest BCUT2D eigenvalue weighted by atomic mass is 9.49. The number of aromatic amines is 1. The predicted octanol–water partition coefficient (Wildman–Crippen LogP) is 1.68. The van der Waals surface area contributed by atoms with E-state index in [-0.39, 0.29) is 0 Å². The van der Waals surface area contributed by atoms with Crippen LogP contribution in [0.25, 0.3) is 0 Å². The van der Waals surface area contributed by atoms with Crippen LogP contribution in [0.1, 0.15) is 44.3 Å². The lowest BCUT2D eigenvalue weighted by Crippen LogP contribution is -2.49. The molecule has 5 heteroatoms. The first kappa shape index (κ1) is 12.4. The third kappa shape index (κ3) is 1.93. The number of aromatic nitrogens is 3. The molecule has 114 valence electrons. The number of hydrogen-bond donors (Lipinski definition) is 2. The Hall–Kier alpha value is -1.10. The van der Waals surface area contributed by atoms with Crippen LogP contribution < -0.4 is 10.2 Å². The van der Waals surface area contributed by atoms with Gasteiger partial charge in [-0.1, -0.05) is 0 Å². The Morgan fingerprint density at radius 2 is 1.57 bits per heavy atom. The molecule has 5 fully saturated rings. The van der Waals surface area contributed by atoms with Crippen LogP contribution in [-0.4, -0.2) is 41.4 Å². The summed E-state index contributed by atoms with van der Waals surface area (Å²) in [6.45, 7) is 4.14. The maximum atomic E-state index is 4.96. The Kier molecular flexibility index (Phi) is 2.64. The zero-order chi connectivity index (χ0) is 13.9. The SMILES string of the molecule is C1CN(c2n[nH]c(C34CC5CC(CC(C5)C3)C4)n2)CCN1. The molecule has 0 aromatic carbocycles. The van der Waals surface area contributed by atoms with E-state index in [0.717, 1.165) is 49.9 Å². The van der Waals surface area contributed by atoms with Gasteiger partial charge in [0.15, 0.2) is 0 Å². The van der Waals surface area contributed by atoms with Crippen LogP contribution in [0, 0.1) is 17.8 Å². The summed E-state index contributed by atoms with van der Waals surface area (Å²) in [5.74, 6) is 5.02. The number of anilines is 1. The molecule has 21 heavy (non-hydrogen) atoms. The highest BCUT2D eigenvalue weighted by atomic mass is 15.4. The molecule has 2 heterocycles. The Balaban J connectivity index is 1.44. The highest BCUT2D eigenvalue weighted by molar-refractivity contribution is 5.32. The molecule has 4 bridgehead atoms. The summed E-state index contributed by atoms with van der Waals surface area (Å²) in [6.07, 6.45) is 8.52. The Bertz CT molecular complexity index is 495. The molecule has 1 aromatic heterocycles. The highest BCUT2D eigenvalue weighted by Gasteiger charge is 2.53. The number of nitrogens with one attached hydrogen (secondary N) is 2. The third-order valence-corrected chi connectivity index (χ3v) is 6.41. The molecular formula is C16H25N5. The van der Waals surface area contributed by atoms with Gasteiger partial charge in [-0.3, -0.25) is 5.10 Å². The van der Waals surface area contributed by atoms with Crippen molar-refractivity contribution in [1.29, 1.82) is 0 Å². The molecular weight excluding hydrogens is 262 g/mol. The predicted molar refractivity (Wildman–Crippen MR) is 81.3 cm³/mol. The Morgan fingerprint density at radius 1 is 0.952 bits per heavy atom. The van der Waals surface area contributed by atoms with Crippen LogP contribution >= 0.6 is 0 Å². The minimum absolute atomic E-state index is 0.341. The van der Waals surface area contributed by atoms with Crippen LogP contribution in [-0.2, 0) is 5.41 Å². The number of piperazine rings is 1. The maximum Gasteiger partial charge on any atom is 0.244 e. The van der Waals surface area contributed by atoms with Gasteiger partial charge >= 0.3 is 0 Å². The summed E-state index contributed by atoms with van der Waals surface area (Å²) in [7, 11) is 0. The molecule has 0 radical (unpaired) electrons. The lowest BCUT2D eigenvalue weighted by molar-refractivity contribution is -0.00921. The van der Waals surface area contributed by atoms with E-state index in [4.69, 9.17) is 4.98 Å². The molecule has 0 atom stereocenters. The van der Waals surface area contributed by atoms with E-state index in [1.165, 1.54) is 44.3 Å². The molecule has 5 nitrogen and oxygen atoms in total. The van der Waals surface area contributed by atoms with E-state index in [2.05, 4.69) is 20.4 Å². The van der Waals surface area contributed by atoms with Crippen molar-refractivity contribution >= 4 is 5.95 Å². The average Bonchev–Trinajstić information content (AvgIpc) is 2.97. The number of H-pyrrole nitrogens is 1.